The number of Topliss-reactive ketones (excluding diaryl/α,β-unsaturated/α-hetero) is 1. The summed E-state index contributed by atoms with van der Waals surface area (Å²) < 4.78 is 0. The Bertz CT molecular complexity index is 834. The lowest BCUT2D eigenvalue weighted by molar-refractivity contribution is 0.0954. The molecule has 27 heavy (non-hydrogen) atoms. The number of nitrogens with zero attached hydrogens (tertiary/aromatic N) is 2. The van der Waals surface area contributed by atoms with E-state index in [9.17, 15) is 9.59 Å². The van der Waals surface area contributed by atoms with Gasteiger partial charge in [0.25, 0.3) is 0 Å². The Hall–Kier alpha value is -2.72. The molecule has 1 aliphatic heterocycles. The molecule has 0 amide bonds. The van der Waals surface area contributed by atoms with E-state index >= 15 is 0 Å². The average molecular weight is 362 g/mol. The van der Waals surface area contributed by atoms with E-state index in [1.54, 1.807) is 18.2 Å². The van der Waals surface area contributed by atoms with Crippen LogP contribution in [0.1, 0.15) is 33.2 Å². The Kier molecular flexibility index (Phi) is 6.20. The molecule has 0 bridgehead atoms. The van der Waals surface area contributed by atoms with Gasteiger partial charge in [-0.15, -0.1) is 0 Å². The SMILES string of the molecule is C/C(Cc1ccccc1)=C(\C(=O)c1ccccc1C=O)N1CCN(C)CC1. The predicted molar refractivity (Wildman–Crippen MR) is 108 cm³/mol. The number of carbonyl (C=O) groups excluding carboxylic acids is 2. The van der Waals surface area contributed by atoms with Crippen molar-refractivity contribution in [2.75, 3.05) is 33.2 Å². The standard InChI is InChI=1S/C23H26N2O2/c1-18(16-19-8-4-3-5-9-19)22(25-14-12-24(2)13-15-25)23(27)21-11-7-6-10-20(21)17-26/h3-11,17H,12-16H2,1-2H3/b22-18-. The first kappa shape index (κ1) is 19.1. The Morgan fingerprint density at radius 3 is 2.26 bits per heavy atom. The van der Waals surface area contributed by atoms with E-state index in [2.05, 4.69) is 29.0 Å². The molecule has 140 valence electrons. The first-order valence-corrected chi connectivity index (χ1v) is 9.36. The molecule has 2 aromatic carbocycles. The number of aldehydes is 1. The minimum Gasteiger partial charge on any atom is -0.366 e. The number of hydrogen-bond acceptors (Lipinski definition) is 4. The first-order valence-electron chi connectivity index (χ1n) is 9.36. The lowest BCUT2D eigenvalue weighted by Crippen LogP contribution is -2.45. The van der Waals surface area contributed by atoms with Crippen LogP contribution in [0, 0.1) is 0 Å². The summed E-state index contributed by atoms with van der Waals surface area (Å²) in [5.41, 5.74) is 3.88. The number of carbonyl (C=O) groups is 2. The second kappa shape index (κ2) is 8.78. The molecule has 3 rings (SSSR count). The molecule has 0 radical (unpaired) electrons. The van der Waals surface area contributed by atoms with E-state index in [0.717, 1.165) is 50.2 Å². The minimum atomic E-state index is -0.0596. The maximum atomic E-state index is 13.5. The number of benzene rings is 2. The van der Waals surface area contributed by atoms with Crippen molar-refractivity contribution in [3.05, 3.63) is 82.6 Å². The van der Waals surface area contributed by atoms with Crippen molar-refractivity contribution in [3.63, 3.8) is 0 Å². The molecule has 0 spiro atoms. The number of rotatable bonds is 6. The van der Waals surface area contributed by atoms with Crippen molar-refractivity contribution in [1.29, 1.82) is 0 Å². The van der Waals surface area contributed by atoms with Crippen molar-refractivity contribution in [2.24, 2.45) is 0 Å². The van der Waals surface area contributed by atoms with Gasteiger partial charge in [-0.1, -0.05) is 54.6 Å². The quantitative estimate of drug-likeness (QED) is 0.448. The van der Waals surface area contributed by atoms with Gasteiger partial charge in [0.15, 0.2) is 6.29 Å². The molecule has 0 aliphatic carbocycles. The third kappa shape index (κ3) is 4.52. The van der Waals surface area contributed by atoms with E-state index in [-0.39, 0.29) is 5.78 Å². The smallest absolute Gasteiger partial charge is 0.209 e. The molecule has 4 nitrogen and oxygen atoms in total. The van der Waals surface area contributed by atoms with Gasteiger partial charge in [-0.25, -0.2) is 0 Å². The van der Waals surface area contributed by atoms with Crippen molar-refractivity contribution >= 4 is 12.1 Å². The Morgan fingerprint density at radius 1 is 0.963 bits per heavy atom. The topological polar surface area (TPSA) is 40.6 Å². The van der Waals surface area contributed by atoms with E-state index in [0.29, 0.717) is 11.1 Å². The van der Waals surface area contributed by atoms with Crippen molar-refractivity contribution in [3.8, 4) is 0 Å². The van der Waals surface area contributed by atoms with Gasteiger partial charge >= 0.3 is 0 Å². The maximum Gasteiger partial charge on any atom is 0.209 e. The molecule has 1 aliphatic rings. The van der Waals surface area contributed by atoms with Gasteiger partial charge in [0.2, 0.25) is 5.78 Å². The second-order valence-corrected chi connectivity index (χ2v) is 7.12. The fourth-order valence-corrected chi connectivity index (χ4v) is 3.56. The summed E-state index contributed by atoms with van der Waals surface area (Å²) in [6, 6.07) is 17.2. The molecule has 0 N–H and O–H groups in total. The Labute approximate surface area is 161 Å². The largest absolute Gasteiger partial charge is 0.366 e. The van der Waals surface area contributed by atoms with Crippen molar-refractivity contribution in [1.82, 2.24) is 9.80 Å². The number of piperazine rings is 1. The first-order chi connectivity index (χ1) is 13.1. The lowest BCUT2D eigenvalue weighted by atomic mass is 9.96. The van der Waals surface area contributed by atoms with Crippen LogP contribution in [0.2, 0.25) is 0 Å². The molecule has 1 heterocycles. The van der Waals surface area contributed by atoms with Gasteiger partial charge < -0.3 is 9.80 Å². The Balaban J connectivity index is 2.00. The molecule has 0 saturated carbocycles. The third-order valence-electron chi connectivity index (χ3n) is 5.08. The fourth-order valence-electron chi connectivity index (χ4n) is 3.56. The maximum absolute atomic E-state index is 13.5. The summed E-state index contributed by atoms with van der Waals surface area (Å²) in [5, 5.41) is 0. The van der Waals surface area contributed by atoms with E-state index in [1.165, 1.54) is 5.56 Å². The Morgan fingerprint density at radius 2 is 1.59 bits per heavy atom. The lowest BCUT2D eigenvalue weighted by Gasteiger charge is -2.36. The van der Waals surface area contributed by atoms with Crippen LogP contribution >= 0.6 is 0 Å². The van der Waals surface area contributed by atoms with Crippen LogP contribution in [0.15, 0.2) is 65.9 Å². The highest BCUT2D eigenvalue weighted by Crippen LogP contribution is 2.23. The van der Waals surface area contributed by atoms with Gasteiger partial charge in [-0.05, 0) is 31.5 Å². The van der Waals surface area contributed by atoms with Gasteiger partial charge in [0.1, 0.15) is 0 Å². The van der Waals surface area contributed by atoms with Gasteiger partial charge in [0.05, 0.1) is 5.70 Å². The van der Waals surface area contributed by atoms with Crippen LogP contribution in [0.5, 0.6) is 0 Å². The molecule has 0 atom stereocenters. The van der Waals surface area contributed by atoms with Crippen molar-refractivity contribution < 1.29 is 9.59 Å². The fraction of sp³-hybridized carbons (Fsp3) is 0.304. The van der Waals surface area contributed by atoms with Crippen LogP contribution in [0.3, 0.4) is 0 Å². The second-order valence-electron chi connectivity index (χ2n) is 7.12. The van der Waals surface area contributed by atoms with Gasteiger partial charge in [-0.2, -0.15) is 0 Å². The molecular formula is C23H26N2O2. The highest BCUT2D eigenvalue weighted by atomic mass is 16.1. The average Bonchev–Trinajstić information content (AvgIpc) is 2.70. The summed E-state index contributed by atoms with van der Waals surface area (Å²) in [6.07, 6.45) is 1.48. The molecule has 1 saturated heterocycles. The van der Waals surface area contributed by atoms with Crippen LogP contribution < -0.4 is 0 Å². The monoisotopic (exact) mass is 362 g/mol. The van der Waals surface area contributed by atoms with Crippen LogP contribution in [-0.4, -0.2) is 55.1 Å². The van der Waals surface area contributed by atoms with Crippen molar-refractivity contribution in [2.45, 2.75) is 13.3 Å². The minimum absolute atomic E-state index is 0.0596. The predicted octanol–water partition coefficient (Wildman–Crippen LogP) is 3.45. The van der Waals surface area contributed by atoms with Crippen LogP contribution in [0.4, 0.5) is 0 Å². The molecular weight excluding hydrogens is 336 g/mol. The third-order valence-corrected chi connectivity index (χ3v) is 5.08. The zero-order valence-corrected chi connectivity index (χ0v) is 16.0. The highest BCUT2D eigenvalue weighted by molar-refractivity contribution is 6.12. The van der Waals surface area contributed by atoms with Gasteiger partial charge in [0, 0.05) is 37.3 Å². The van der Waals surface area contributed by atoms with E-state index < -0.39 is 0 Å². The number of ketones is 1. The molecule has 0 aromatic heterocycles. The summed E-state index contributed by atoms with van der Waals surface area (Å²) in [4.78, 5) is 29.4. The molecule has 4 heteroatoms. The number of allylic oxidation sites excluding steroid dienone is 2. The summed E-state index contributed by atoms with van der Waals surface area (Å²) >= 11 is 0. The zero-order chi connectivity index (χ0) is 19.2. The van der Waals surface area contributed by atoms with E-state index in [4.69, 9.17) is 0 Å². The highest BCUT2D eigenvalue weighted by Gasteiger charge is 2.25. The zero-order valence-electron chi connectivity index (χ0n) is 16.0. The van der Waals surface area contributed by atoms with Crippen LogP contribution in [-0.2, 0) is 6.42 Å². The molecule has 0 unspecified atom stereocenters. The number of likely N-dealkylation sites (N-methyl/N-ethyl adjacent to an activating group) is 1. The number of hydrogen-bond donors (Lipinski definition) is 0. The summed E-state index contributed by atoms with van der Waals surface area (Å²) in [7, 11) is 2.10. The van der Waals surface area contributed by atoms with Crippen LogP contribution in [0.25, 0.3) is 0 Å². The van der Waals surface area contributed by atoms with Gasteiger partial charge in [-0.3, -0.25) is 9.59 Å². The van der Waals surface area contributed by atoms with E-state index in [1.807, 2.05) is 31.2 Å². The molecule has 1 fully saturated rings. The molecule has 2 aromatic rings. The normalized spacial score (nSPS) is 16.0. The summed E-state index contributed by atoms with van der Waals surface area (Å²) in [6.45, 7) is 5.50. The summed E-state index contributed by atoms with van der Waals surface area (Å²) in [5.74, 6) is -0.0596.